The van der Waals surface area contributed by atoms with Crippen LogP contribution in [0.25, 0.3) is 0 Å². The van der Waals surface area contributed by atoms with Gasteiger partial charge in [-0.3, -0.25) is 10.00 Å². The van der Waals surface area contributed by atoms with E-state index in [1.54, 1.807) is 0 Å². The van der Waals surface area contributed by atoms with Crippen LogP contribution in [0.1, 0.15) is 43.8 Å². The second-order valence-corrected chi connectivity index (χ2v) is 6.75. The van der Waals surface area contributed by atoms with Crippen LogP contribution < -0.4 is 0 Å². The first-order valence-corrected chi connectivity index (χ1v) is 8.61. The van der Waals surface area contributed by atoms with Crippen molar-refractivity contribution >= 4 is 0 Å². The van der Waals surface area contributed by atoms with Crippen molar-refractivity contribution < 1.29 is 4.74 Å². The average Bonchev–Trinajstić information content (AvgIpc) is 3.03. The Kier molecular flexibility index (Phi) is 5.13. The summed E-state index contributed by atoms with van der Waals surface area (Å²) < 4.78 is 6.36. The van der Waals surface area contributed by atoms with Gasteiger partial charge in [-0.25, -0.2) is 0 Å². The Morgan fingerprint density at radius 2 is 2.04 bits per heavy atom. The second-order valence-electron chi connectivity index (χ2n) is 6.75. The number of morpholine rings is 1. The van der Waals surface area contributed by atoms with Crippen molar-refractivity contribution in [3.8, 4) is 0 Å². The molecule has 1 N–H and O–H groups in total. The molecule has 1 aliphatic rings. The Hall–Kier alpha value is -1.65. The van der Waals surface area contributed by atoms with Crippen LogP contribution in [0, 0.1) is 5.92 Å². The highest BCUT2D eigenvalue weighted by Gasteiger charge is 2.30. The molecule has 2 atom stereocenters. The Labute approximate surface area is 138 Å². The SMILES string of the molecule is CCc1cc(CN2C[C@@H](c3ccccc3)O[C@@H](C(C)C)C2)[nH]n1. The van der Waals surface area contributed by atoms with Gasteiger partial charge >= 0.3 is 0 Å². The van der Waals surface area contributed by atoms with E-state index in [0.29, 0.717) is 5.92 Å². The number of aromatic amines is 1. The van der Waals surface area contributed by atoms with Gasteiger partial charge < -0.3 is 4.74 Å². The van der Waals surface area contributed by atoms with Crippen molar-refractivity contribution in [2.24, 2.45) is 5.92 Å². The van der Waals surface area contributed by atoms with E-state index in [0.717, 1.165) is 31.7 Å². The molecule has 23 heavy (non-hydrogen) atoms. The third-order valence-electron chi connectivity index (χ3n) is 4.56. The molecule has 0 bridgehead atoms. The van der Waals surface area contributed by atoms with E-state index in [1.165, 1.54) is 11.3 Å². The standard InChI is InChI=1S/C19H27N3O/c1-4-16-10-17(21-20-16)11-22-12-18(14(2)3)23-19(13-22)15-8-6-5-7-9-15/h5-10,14,18-19H,4,11-13H2,1-3H3,(H,20,21)/t18-,19+/m1/s1. The van der Waals surface area contributed by atoms with E-state index in [-0.39, 0.29) is 12.2 Å². The summed E-state index contributed by atoms with van der Waals surface area (Å²) in [5.74, 6) is 0.511. The number of H-pyrrole nitrogens is 1. The fraction of sp³-hybridized carbons (Fsp3) is 0.526. The third kappa shape index (κ3) is 4.01. The first-order valence-electron chi connectivity index (χ1n) is 8.61. The van der Waals surface area contributed by atoms with Gasteiger partial charge in [-0.1, -0.05) is 51.1 Å². The van der Waals surface area contributed by atoms with E-state index in [4.69, 9.17) is 4.74 Å². The minimum Gasteiger partial charge on any atom is -0.367 e. The fourth-order valence-electron chi connectivity index (χ4n) is 3.12. The molecule has 2 aromatic rings. The number of nitrogens with zero attached hydrogens (tertiary/aromatic N) is 2. The van der Waals surface area contributed by atoms with Crippen molar-refractivity contribution in [2.75, 3.05) is 13.1 Å². The molecule has 0 unspecified atom stereocenters. The van der Waals surface area contributed by atoms with Gasteiger partial charge in [-0.2, -0.15) is 5.10 Å². The molecule has 1 saturated heterocycles. The third-order valence-corrected chi connectivity index (χ3v) is 4.56. The predicted molar refractivity (Wildman–Crippen MR) is 92.1 cm³/mol. The number of hydrogen-bond donors (Lipinski definition) is 1. The fourth-order valence-corrected chi connectivity index (χ4v) is 3.12. The van der Waals surface area contributed by atoms with Crippen LogP contribution in [0.4, 0.5) is 0 Å². The van der Waals surface area contributed by atoms with Gasteiger partial charge in [0, 0.05) is 25.3 Å². The van der Waals surface area contributed by atoms with Crippen LogP contribution in [-0.4, -0.2) is 34.3 Å². The van der Waals surface area contributed by atoms with Crippen molar-refractivity contribution in [1.82, 2.24) is 15.1 Å². The highest BCUT2D eigenvalue weighted by atomic mass is 16.5. The zero-order valence-corrected chi connectivity index (χ0v) is 14.3. The zero-order chi connectivity index (χ0) is 16.2. The van der Waals surface area contributed by atoms with E-state index >= 15 is 0 Å². The lowest BCUT2D eigenvalue weighted by atomic mass is 10.0. The minimum absolute atomic E-state index is 0.144. The molecule has 1 aromatic carbocycles. The summed E-state index contributed by atoms with van der Waals surface area (Å²) in [6.45, 7) is 9.41. The van der Waals surface area contributed by atoms with Gasteiger partial charge in [0.1, 0.15) is 0 Å². The van der Waals surface area contributed by atoms with E-state index < -0.39 is 0 Å². The van der Waals surface area contributed by atoms with Crippen molar-refractivity contribution in [2.45, 2.75) is 45.9 Å². The number of nitrogens with one attached hydrogen (secondary N) is 1. The maximum absolute atomic E-state index is 6.36. The summed E-state index contributed by atoms with van der Waals surface area (Å²) in [4.78, 5) is 2.48. The predicted octanol–water partition coefficient (Wildman–Crippen LogP) is 3.57. The quantitative estimate of drug-likeness (QED) is 0.917. The summed E-state index contributed by atoms with van der Waals surface area (Å²) in [7, 11) is 0. The Morgan fingerprint density at radius 1 is 1.26 bits per heavy atom. The van der Waals surface area contributed by atoms with Gasteiger partial charge in [-0.15, -0.1) is 0 Å². The monoisotopic (exact) mass is 313 g/mol. The number of benzene rings is 1. The van der Waals surface area contributed by atoms with Gasteiger partial charge in [0.2, 0.25) is 0 Å². The van der Waals surface area contributed by atoms with Crippen LogP contribution in [0.15, 0.2) is 36.4 Å². The van der Waals surface area contributed by atoms with Gasteiger partial charge in [-0.05, 0) is 24.0 Å². The molecule has 0 spiro atoms. The largest absolute Gasteiger partial charge is 0.367 e. The molecule has 3 rings (SSSR count). The number of aryl methyl sites for hydroxylation is 1. The average molecular weight is 313 g/mol. The molecule has 124 valence electrons. The van der Waals surface area contributed by atoms with Gasteiger partial charge in [0.15, 0.2) is 0 Å². The first-order chi connectivity index (χ1) is 11.2. The summed E-state index contributed by atoms with van der Waals surface area (Å²) in [5.41, 5.74) is 3.59. The highest BCUT2D eigenvalue weighted by molar-refractivity contribution is 5.19. The molecule has 0 saturated carbocycles. The van der Waals surface area contributed by atoms with Gasteiger partial charge in [0.05, 0.1) is 17.9 Å². The zero-order valence-electron chi connectivity index (χ0n) is 14.3. The number of hydrogen-bond acceptors (Lipinski definition) is 3. The van der Waals surface area contributed by atoms with E-state index in [9.17, 15) is 0 Å². The molecule has 1 aliphatic heterocycles. The molecule has 1 fully saturated rings. The van der Waals surface area contributed by atoms with Crippen molar-refractivity contribution in [3.63, 3.8) is 0 Å². The summed E-state index contributed by atoms with van der Waals surface area (Å²) in [6.07, 6.45) is 1.38. The van der Waals surface area contributed by atoms with Crippen molar-refractivity contribution in [3.05, 3.63) is 53.3 Å². The Morgan fingerprint density at radius 3 is 2.70 bits per heavy atom. The topological polar surface area (TPSA) is 41.1 Å². The van der Waals surface area contributed by atoms with Gasteiger partial charge in [0.25, 0.3) is 0 Å². The maximum Gasteiger partial charge on any atom is 0.0956 e. The number of aromatic nitrogens is 2. The lowest BCUT2D eigenvalue weighted by Crippen LogP contribution is -2.45. The summed E-state index contributed by atoms with van der Waals surface area (Å²) in [5, 5.41) is 7.52. The van der Waals surface area contributed by atoms with Crippen LogP contribution in [0.3, 0.4) is 0 Å². The van der Waals surface area contributed by atoms with Crippen LogP contribution in [0.2, 0.25) is 0 Å². The van der Waals surface area contributed by atoms with Crippen LogP contribution in [0.5, 0.6) is 0 Å². The number of rotatable bonds is 5. The molecule has 4 nitrogen and oxygen atoms in total. The molecule has 2 heterocycles. The maximum atomic E-state index is 6.36. The molecular formula is C19H27N3O. The van der Waals surface area contributed by atoms with Crippen molar-refractivity contribution in [1.29, 1.82) is 0 Å². The second kappa shape index (κ2) is 7.28. The van der Waals surface area contributed by atoms with Crippen LogP contribution >= 0.6 is 0 Å². The lowest BCUT2D eigenvalue weighted by Gasteiger charge is -2.39. The minimum atomic E-state index is 0.144. The number of ether oxygens (including phenoxy) is 1. The van der Waals surface area contributed by atoms with Crippen LogP contribution in [-0.2, 0) is 17.7 Å². The molecule has 4 heteroatoms. The van der Waals surface area contributed by atoms with E-state index in [2.05, 4.69) is 72.3 Å². The molecular weight excluding hydrogens is 286 g/mol. The molecule has 0 aliphatic carbocycles. The Bertz CT molecular complexity index is 608. The smallest absolute Gasteiger partial charge is 0.0956 e. The summed E-state index contributed by atoms with van der Waals surface area (Å²) in [6, 6.07) is 12.7. The lowest BCUT2D eigenvalue weighted by molar-refractivity contribution is -0.108. The Balaban J connectivity index is 1.73. The molecule has 0 radical (unpaired) electrons. The van der Waals surface area contributed by atoms with E-state index in [1.807, 2.05) is 0 Å². The molecule has 1 aromatic heterocycles. The normalized spacial score (nSPS) is 22.6. The highest BCUT2D eigenvalue weighted by Crippen LogP contribution is 2.28. The first kappa shape index (κ1) is 16.2. The molecule has 0 amide bonds. The summed E-state index contributed by atoms with van der Waals surface area (Å²) >= 11 is 0.